The Labute approximate surface area is 101 Å². The number of piperidine rings is 1. The van der Waals surface area contributed by atoms with E-state index in [1.54, 1.807) is 0 Å². The highest BCUT2D eigenvalue weighted by atomic mass is 32.1. The first-order valence-corrected chi connectivity index (χ1v) is 6.84. The molecule has 0 radical (unpaired) electrons. The van der Waals surface area contributed by atoms with Crippen LogP contribution in [0, 0.1) is 0 Å². The minimum Gasteiger partial charge on any atom is -0.300 e. The van der Waals surface area contributed by atoms with E-state index in [-0.39, 0.29) is 0 Å². The zero-order valence-electron chi connectivity index (χ0n) is 10.0. The molecule has 0 bridgehead atoms. The Morgan fingerprint density at radius 1 is 1.44 bits per heavy atom. The minimum absolute atomic E-state index is 0.411. The van der Waals surface area contributed by atoms with Crippen LogP contribution in [0.3, 0.4) is 0 Å². The first kappa shape index (κ1) is 11.8. The van der Waals surface area contributed by atoms with Crippen molar-refractivity contribution in [2.24, 2.45) is 0 Å². The van der Waals surface area contributed by atoms with E-state index in [1.165, 1.54) is 9.75 Å². The summed E-state index contributed by atoms with van der Waals surface area (Å²) in [5, 5.41) is 0. The SMILES string of the molecule is CCc1ccc(CN2CCC(=O)CC2C)s1. The molecular weight excluding hydrogens is 218 g/mol. The van der Waals surface area contributed by atoms with Gasteiger partial charge in [0, 0.05) is 41.7 Å². The fourth-order valence-electron chi connectivity index (χ4n) is 2.18. The molecule has 1 aromatic rings. The molecule has 0 spiro atoms. The molecule has 1 aliphatic rings. The molecule has 0 aromatic carbocycles. The van der Waals surface area contributed by atoms with Crippen molar-refractivity contribution in [1.29, 1.82) is 0 Å². The van der Waals surface area contributed by atoms with Crippen LogP contribution in [0.5, 0.6) is 0 Å². The summed E-state index contributed by atoms with van der Waals surface area (Å²) in [7, 11) is 0. The van der Waals surface area contributed by atoms with Gasteiger partial charge in [-0.05, 0) is 25.5 Å². The lowest BCUT2D eigenvalue weighted by Crippen LogP contribution is -2.40. The Kier molecular flexibility index (Phi) is 3.77. The number of hydrogen-bond donors (Lipinski definition) is 0. The second kappa shape index (κ2) is 5.11. The summed E-state index contributed by atoms with van der Waals surface area (Å²) in [6.07, 6.45) is 2.58. The Morgan fingerprint density at radius 2 is 2.19 bits per heavy atom. The van der Waals surface area contributed by atoms with Gasteiger partial charge in [-0.3, -0.25) is 9.69 Å². The van der Waals surface area contributed by atoms with Gasteiger partial charge in [0.1, 0.15) is 5.78 Å². The van der Waals surface area contributed by atoms with E-state index in [4.69, 9.17) is 0 Å². The number of ketones is 1. The highest BCUT2D eigenvalue weighted by molar-refractivity contribution is 7.11. The zero-order chi connectivity index (χ0) is 11.5. The van der Waals surface area contributed by atoms with Crippen molar-refractivity contribution in [2.45, 2.75) is 45.7 Å². The van der Waals surface area contributed by atoms with Gasteiger partial charge in [-0.25, -0.2) is 0 Å². The Bertz CT molecular complexity index is 372. The molecule has 1 fully saturated rings. The summed E-state index contributed by atoms with van der Waals surface area (Å²) in [6.45, 7) is 6.29. The summed E-state index contributed by atoms with van der Waals surface area (Å²) < 4.78 is 0. The molecule has 2 heterocycles. The number of carbonyl (C=O) groups excluding carboxylic acids is 1. The maximum atomic E-state index is 11.3. The summed E-state index contributed by atoms with van der Waals surface area (Å²) in [5.41, 5.74) is 0. The molecule has 3 heteroatoms. The van der Waals surface area contributed by atoms with E-state index in [9.17, 15) is 4.79 Å². The van der Waals surface area contributed by atoms with Crippen LogP contribution in [0.15, 0.2) is 12.1 Å². The second-order valence-electron chi connectivity index (χ2n) is 4.53. The topological polar surface area (TPSA) is 20.3 Å². The van der Waals surface area contributed by atoms with Crippen molar-refractivity contribution in [3.05, 3.63) is 21.9 Å². The van der Waals surface area contributed by atoms with Crippen molar-refractivity contribution in [3.8, 4) is 0 Å². The van der Waals surface area contributed by atoms with Crippen molar-refractivity contribution in [3.63, 3.8) is 0 Å². The van der Waals surface area contributed by atoms with Crippen LogP contribution in [0.1, 0.15) is 36.4 Å². The molecule has 16 heavy (non-hydrogen) atoms. The summed E-state index contributed by atoms with van der Waals surface area (Å²) in [6, 6.07) is 4.86. The average Bonchev–Trinajstić information content (AvgIpc) is 2.70. The second-order valence-corrected chi connectivity index (χ2v) is 5.79. The molecule has 0 amide bonds. The first-order valence-electron chi connectivity index (χ1n) is 6.02. The minimum atomic E-state index is 0.411. The van der Waals surface area contributed by atoms with Gasteiger partial charge in [-0.2, -0.15) is 0 Å². The summed E-state index contributed by atoms with van der Waals surface area (Å²) >= 11 is 1.90. The van der Waals surface area contributed by atoms with Crippen LogP contribution in [0.2, 0.25) is 0 Å². The molecule has 1 atom stereocenters. The zero-order valence-corrected chi connectivity index (χ0v) is 10.8. The molecule has 2 rings (SSSR count). The summed E-state index contributed by atoms with van der Waals surface area (Å²) in [5.74, 6) is 0.421. The van der Waals surface area contributed by atoms with Gasteiger partial charge < -0.3 is 0 Å². The van der Waals surface area contributed by atoms with E-state index < -0.39 is 0 Å². The van der Waals surface area contributed by atoms with Crippen LogP contribution < -0.4 is 0 Å². The number of likely N-dealkylation sites (tertiary alicyclic amines) is 1. The van der Waals surface area contributed by atoms with E-state index >= 15 is 0 Å². The monoisotopic (exact) mass is 237 g/mol. The number of Topliss-reactive ketones (excluding diaryl/α,β-unsaturated/α-hetero) is 1. The molecule has 1 unspecified atom stereocenters. The van der Waals surface area contributed by atoms with Crippen molar-refractivity contribution in [2.75, 3.05) is 6.54 Å². The number of hydrogen-bond acceptors (Lipinski definition) is 3. The Hall–Kier alpha value is -0.670. The van der Waals surface area contributed by atoms with Gasteiger partial charge in [-0.1, -0.05) is 6.92 Å². The van der Waals surface area contributed by atoms with Gasteiger partial charge in [0.05, 0.1) is 0 Å². The van der Waals surface area contributed by atoms with Crippen molar-refractivity contribution < 1.29 is 4.79 Å². The number of carbonyl (C=O) groups is 1. The Morgan fingerprint density at radius 3 is 2.81 bits per heavy atom. The third kappa shape index (κ3) is 2.71. The van der Waals surface area contributed by atoms with Crippen LogP contribution in [-0.2, 0) is 17.8 Å². The number of rotatable bonds is 3. The fourth-order valence-corrected chi connectivity index (χ4v) is 3.17. The highest BCUT2D eigenvalue weighted by Gasteiger charge is 2.23. The lowest BCUT2D eigenvalue weighted by molar-refractivity contribution is -0.123. The van der Waals surface area contributed by atoms with Gasteiger partial charge in [0.25, 0.3) is 0 Å². The normalized spacial score (nSPS) is 22.6. The van der Waals surface area contributed by atoms with E-state index in [1.807, 2.05) is 11.3 Å². The standard InChI is InChI=1S/C13H19NOS/c1-3-12-4-5-13(16-12)9-14-7-6-11(15)8-10(14)2/h4-5,10H,3,6-9H2,1-2H3. The molecule has 1 aliphatic heterocycles. The first-order chi connectivity index (χ1) is 7.69. The quantitative estimate of drug-likeness (QED) is 0.805. The van der Waals surface area contributed by atoms with Crippen LogP contribution in [-0.4, -0.2) is 23.3 Å². The average molecular weight is 237 g/mol. The molecule has 0 N–H and O–H groups in total. The molecular formula is C13H19NOS. The summed E-state index contributed by atoms with van der Waals surface area (Å²) in [4.78, 5) is 16.6. The smallest absolute Gasteiger partial charge is 0.135 e. The fraction of sp³-hybridized carbons (Fsp3) is 0.615. The number of thiophene rings is 1. The van der Waals surface area contributed by atoms with Gasteiger partial charge >= 0.3 is 0 Å². The lowest BCUT2D eigenvalue weighted by Gasteiger charge is -2.32. The number of nitrogens with zero attached hydrogens (tertiary/aromatic N) is 1. The van der Waals surface area contributed by atoms with Crippen molar-refractivity contribution in [1.82, 2.24) is 4.90 Å². The van der Waals surface area contributed by atoms with Gasteiger partial charge in [0.2, 0.25) is 0 Å². The van der Waals surface area contributed by atoms with Crippen LogP contribution in [0.25, 0.3) is 0 Å². The number of aryl methyl sites for hydroxylation is 1. The maximum Gasteiger partial charge on any atom is 0.135 e. The third-order valence-corrected chi connectivity index (χ3v) is 4.46. The van der Waals surface area contributed by atoms with E-state index in [0.717, 1.165) is 32.4 Å². The maximum absolute atomic E-state index is 11.3. The van der Waals surface area contributed by atoms with Gasteiger partial charge in [-0.15, -0.1) is 11.3 Å². The lowest BCUT2D eigenvalue weighted by atomic mass is 10.0. The van der Waals surface area contributed by atoms with Crippen molar-refractivity contribution >= 4 is 17.1 Å². The molecule has 0 saturated carbocycles. The largest absolute Gasteiger partial charge is 0.300 e. The van der Waals surface area contributed by atoms with Gasteiger partial charge in [0.15, 0.2) is 0 Å². The molecule has 2 nitrogen and oxygen atoms in total. The van der Waals surface area contributed by atoms with E-state index in [2.05, 4.69) is 30.9 Å². The molecule has 1 saturated heterocycles. The predicted molar refractivity (Wildman–Crippen MR) is 67.8 cm³/mol. The highest BCUT2D eigenvalue weighted by Crippen LogP contribution is 2.22. The molecule has 88 valence electrons. The van der Waals surface area contributed by atoms with E-state index in [0.29, 0.717) is 11.8 Å². The van der Waals surface area contributed by atoms with Crippen LogP contribution >= 0.6 is 11.3 Å². The Balaban J connectivity index is 1.96. The molecule has 1 aromatic heterocycles. The molecule has 0 aliphatic carbocycles. The third-order valence-electron chi connectivity index (χ3n) is 3.25. The van der Waals surface area contributed by atoms with Crippen LogP contribution in [0.4, 0.5) is 0 Å². The predicted octanol–water partition coefficient (Wildman–Crippen LogP) is 2.86.